The van der Waals surface area contributed by atoms with Crippen LogP contribution in [0.15, 0.2) is 66.4 Å². The molecule has 3 aromatic rings. The summed E-state index contributed by atoms with van der Waals surface area (Å²) in [6.07, 6.45) is 1.86. The zero-order valence-corrected chi connectivity index (χ0v) is 16.3. The molecule has 152 valence electrons. The van der Waals surface area contributed by atoms with Crippen LogP contribution in [0.4, 0.5) is 0 Å². The molecule has 6 heteroatoms. The first kappa shape index (κ1) is 17.8. The predicted molar refractivity (Wildman–Crippen MR) is 110 cm³/mol. The topological polar surface area (TPSA) is 71.1 Å². The van der Waals surface area contributed by atoms with Gasteiger partial charge in [-0.2, -0.15) is 0 Å². The zero-order valence-electron chi connectivity index (χ0n) is 16.3. The van der Waals surface area contributed by atoms with E-state index in [0.29, 0.717) is 34.1 Å². The van der Waals surface area contributed by atoms with Crippen LogP contribution in [0.1, 0.15) is 39.4 Å². The Balaban J connectivity index is 1.46. The maximum absolute atomic E-state index is 13.0. The van der Waals surface area contributed by atoms with E-state index in [0.717, 1.165) is 11.1 Å². The number of ketones is 1. The third-order valence-electron chi connectivity index (χ3n) is 5.68. The fourth-order valence-corrected chi connectivity index (χ4v) is 4.22. The highest BCUT2D eigenvalue weighted by Crippen LogP contribution is 2.50. The molecule has 0 N–H and O–H groups in total. The number of hydrogen-bond acceptors (Lipinski definition) is 6. The standard InChI is InChI=1S/C25H16O6/c26-22-12-17(15-6-8-18-20(11-15)29-13-28-18)23-19(30-22)9-7-16-24(27)21(31-25(16)23)10-14-4-2-1-3-5-14/h1-11,17H,12-13H2/b21-10-/t17-/m1/s1. The number of benzene rings is 3. The highest BCUT2D eigenvalue weighted by Gasteiger charge is 2.38. The summed E-state index contributed by atoms with van der Waals surface area (Å²) < 4.78 is 22.5. The Labute approximate surface area is 177 Å². The Hall–Kier alpha value is -4.06. The van der Waals surface area contributed by atoms with Crippen LogP contribution in [0, 0.1) is 0 Å². The molecule has 0 saturated carbocycles. The van der Waals surface area contributed by atoms with Crippen molar-refractivity contribution in [3.8, 4) is 23.0 Å². The van der Waals surface area contributed by atoms with Crippen LogP contribution < -0.4 is 18.9 Å². The minimum atomic E-state index is -0.334. The summed E-state index contributed by atoms with van der Waals surface area (Å²) in [5.74, 6) is 1.54. The molecule has 0 bridgehead atoms. The van der Waals surface area contributed by atoms with Crippen LogP contribution >= 0.6 is 0 Å². The van der Waals surface area contributed by atoms with Crippen molar-refractivity contribution < 1.29 is 28.5 Å². The molecule has 6 nitrogen and oxygen atoms in total. The van der Waals surface area contributed by atoms with Crippen LogP contribution in [-0.4, -0.2) is 18.5 Å². The number of allylic oxidation sites excluding steroid dienone is 1. The van der Waals surface area contributed by atoms with Crippen molar-refractivity contribution in [1.82, 2.24) is 0 Å². The fourth-order valence-electron chi connectivity index (χ4n) is 4.22. The van der Waals surface area contributed by atoms with Gasteiger partial charge in [0.2, 0.25) is 12.6 Å². The molecular formula is C25H16O6. The van der Waals surface area contributed by atoms with Gasteiger partial charge in [0.25, 0.3) is 0 Å². The minimum Gasteiger partial charge on any atom is -0.454 e. The molecule has 0 unspecified atom stereocenters. The summed E-state index contributed by atoms with van der Waals surface area (Å²) in [5.41, 5.74) is 2.89. The van der Waals surface area contributed by atoms with Gasteiger partial charge in [-0.3, -0.25) is 9.59 Å². The maximum Gasteiger partial charge on any atom is 0.312 e. The third-order valence-corrected chi connectivity index (χ3v) is 5.68. The van der Waals surface area contributed by atoms with Gasteiger partial charge in [0.15, 0.2) is 17.3 Å². The molecule has 0 aliphatic carbocycles. The van der Waals surface area contributed by atoms with Crippen molar-refractivity contribution >= 4 is 17.8 Å². The number of esters is 1. The number of hydrogen-bond donors (Lipinski definition) is 0. The smallest absolute Gasteiger partial charge is 0.312 e. The van der Waals surface area contributed by atoms with E-state index in [1.807, 2.05) is 48.5 Å². The lowest BCUT2D eigenvalue weighted by atomic mass is 9.84. The van der Waals surface area contributed by atoms with E-state index >= 15 is 0 Å². The van der Waals surface area contributed by atoms with E-state index in [4.69, 9.17) is 18.9 Å². The highest BCUT2D eigenvalue weighted by atomic mass is 16.7. The number of rotatable bonds is 2. The molecule has 1 atom stereocenters. The van der Waals surface area contributed by atoms with Gasteiger partial charge in [0, 0.05) is 11.5 Å². The molecule has 0 saturated heterocycles. The van der Waals surface area contributed by atoms with Crippen LogP contribution in [0.5, 0.6) is 23.0 Å². The fraction of sp³-hybridized carbons (Fsp3) is 0.120. The second kappa shape index (κ2) is 6.74. The molecule has 6 rings (SSSR count). The van der Waals surface area contributed by atoms with Crippen LogP contribution in [-0.2, 0) is 4.79 Å². The van der Waals surface area contributed by atoms with Crippen LogP contribution in [0.25, 0.3) is 6.08 Å². The van der Waals surface area contributed by atoms with Crippen LogP contribution in [0.2, 0.25) is 0 Å². The largest absolute Gasteiger partial charge is 0.454 e. The molecule has 0 spiro atoms. The molecule has 3 aliphatic rings. The second-order valence-corrected chi connectivity index (χ2v) is 7.55. The van der Waals surface area contributed by atoms with Crippen molar-refractivity contribution in [1.29, 1.82) is 0 Å². The number of fused-ring (bicyclic) bond motifs is 4. The van der Waals surface area contributed by atoms with Gasteiger partial charge in [0.05, 0.1) is 12.0 Å². The summed E-state index contributed by atoms with van der Waals surface area (Å²) in [6.45, 7) is 0.169. The van der Waals surface area contributed by atoms with E-state index in [2.05, 4.69) is 0 Å². The van der Waals surface area contributed by atoms with Gasteiger partial charge in [-0.05, 0) is 41.5 Å². The van der Waals surface area contributed by atoms with Crippen LogP contribution in [0.3, 0.4) is 0 Å². The average Bonchev–Trinajstić information content (AvgIpc) is 3.38. The molecule has 0 radical (unpaired) electrons. The van der Waals surface area contributed by atoms with Gasteiger partial charge in [-0.15, -0.1) is 0 Å². The lowest BCUT2D eigenvalue weighted by Gasteiger charge is -2.26. The molecule has 0 aromatic heterocycles. The lowest BCUT2D eigenvalue weighted by Crippen LogP contribution is -2.21. The molecule has 0 fully saturated rings. The highest BCUT2D eigenvalue weighted by molar-refractivity contribution is 6.15. The molecule has 31 heavy (non-hydrogen) atoms. The first-order valence-electron chi connectivity index (χ1n) is 9.94. The second-order valence-electron chi connectivity index (χ2n) is 7.55. The zero-order chi connectivity index (χ0) is 20.9. The molecule has 3 aliphatic heterocycles. The summed E-state index contributed by atoms with van der Waals surface area (Å²) >= 11 is 0. The summed E-state index contributed by atoms with van der Waals surface area (Å²) in [7, 11) is 0. The van der Waals surface area contributed by atoms with Crippen molar-refractivity contribution in [2.24, 2.45) is 0 Å². The van der Waals surface area contributed by atoms with Gasteiger partial charge in [-0.1, -0.05) is 36.4 Å². The number of Topliss-reactive ketones (excluding diaryl/α,β-unsaturated/α-hetero) is 1. The van der Waals surface area contributed by atoms with E-state index in [9.17, 15) is 9.59 Å². The Morgan fingerprint density at radius 3 is 2.52 bits per heavy atom. The van der Waals surface area contributed by atoms with E-state index in [-0.39, 0.29) is 36.6 Å². The molecule has 3 aromatic carbocycles. The van der Waals surface area contributed by atoms with Crippen molar-refractivity contribution in [2.45, 2.75) is 12.3 Å². The lowest BCUT2D eigenvalue weighted by molar-refractivity contribution is -0.135. The predicted octanol–water partition coefficient (Wildman–Crippen LogP) is 4.47. The quantitative estimate of drug-likeness (QED) is 0.351. The summed E-state index contributed by atoms with van der Waals surface area (Å²) in [6, 6.07) is 18.4. The number of ether oxygens (including phenoxy) is 4. The van der Waals surface area contributed by atoms with E-state index < -0.39 is 0 Å². The third kappa shape index (κ3) is 2.87. The number of carbonyl (C=O) groups is 2. The molecular weight excluding hydrogens is 396 g/mol. The SMILES string of the molecule is O=C1C[C@H](c2ccc3c(c2)OCO3)c2c(ccc3c2O/C(=C\c2ccccc2)C3=O)O1. The Bertz CT molecular complexity index is 1270. The van der Waals surface area contributed by atoms with Crippen molar-refractivity contribution in [3.05, 3.63) is 88.7 Å². The molecule has 3 heterocycles. The minimum absolute atomic E-state index is 0.137. The van der Waals surface area contributed by atoms with Gasteiger partial charge < -0.3 is 18.9 Å². The van der Waals surface area contributed by atoms with Crippen molar-refractivity contribution in [3.63, 3.8) is 0 Å². The normalized spacial score (nSPS) is 19.6. The summed E-state index contributed by atoms with van der Waals surface area (Å²) in [4.78, 5) is 25.3. The maximum atomic E-state index is 13.0. The molecule has 0 amide bonds. The van der Waals surface area contributed by atoms with E-state index in [1.54, 1.807) is 18.2 Å². The monoisotopic (exact) mass is 412 g/mol. The Morgan fingerprint density at radius 1 is 0.839 bits per heavy atom. The average molecular weight is 412 g/mol. The first-order chi connectivity index (χ1) is 15.2. The number of carbonyl (C=O) groups excluding carboxylic acids is 2. The Kier molecular flexibility index (Phi) is 3.86. The van der Waals surface area contributed by atoms with Gasteiger partial charge in [-0.25, -0.2) is 0 Å². The van der Waals surface area contributed by atoms with Gasteiger partial charge >= 0.3 is 5.97 Å². The Morgan fingerprint density at radius 2 is 1.65 bits per heavy atom. The van der Waals surface area contributed by atoms with E-state index in [1.165, 1.54) is 0 Å². The van der Waals surface area contributed by atoms with Crippen molar-refractivity contribution in [2.75, 3.05) is 6.79 Å². The first-order valence-corrected chi connectivity index (χ1v) is 9.94. The summed E-state index contributed by atoms with van der Waals surface area (Å²) in [5, 5.41) is 0. The van der Waals surface area contributed by atoms with Gasteiger partial charge in [0.1, 0.15) is 11.5 Å².